The van der Waals surface area contributed by atoms with Gasteiger partial charge in [0, 0.05) is 34.1 Å². The van der Waals surface area contributed by atoms with Gasteiger partial charge in [-0.05, 0) is 42.5 Å². The van der Waals surface area contributed by atoms with Gasteiger partial charge in [-0.3, -0.25) is 0 Å². The molecule has 0 aliphatic heterocycles. The van der Waals surface area contributed by atoms with Crippen LogP contribution < -0.4 is 0 Å². The number of hydrogen-bond donors (Lipinski definition) is 0. The van der Waals surface area contributed by atoms with Gasteiger partial charge in [-0.15, -0.1) is 0 Å². The zero-order valence-corrected chi connectivity index (χ0v) is 14.1. The SMILES string of the molecule is COC(=O)c1ccc2c(c1)c1cc(F)ccc1[s+]2-c1ccc(F)cc1. The van der Waals surface area contributed by atoms with Crippen LogP contribution in [0.5, 0.6) is 0 Å². The van der Waals surface area contributed by atoms with Crippen molar-refractivity contribution in [2.24, 2.45) is 0 Å². The summed E-state index contributed by atoms with van der Waals surface area (Å²) in [6, 6.07) is 16.3. The number of benzene rings is 3. The zero-order chi connectivity index (χ0) is 17.6. The third-order valence-electron chi connectivity index (χ3n) is 4.12. The monoisotopic (exact) mass is 355 g/mol. The minimum absolute atomic E-state index is 0.299. The van der Waals surface area contributed by atoms with Gasteiger partial charge in [0.2, 0.25) is 0 Å². The molecule has 1 heterocycles. The topological polar surface area (TPSA) is 26.3 Å². The Morgan fingerprint density at radius 3 is 2.12 bits per heavy atom. The maximum atomic E-state index is 13.8. The van der Waals surface area contributed by atoms with Gasteiger partial charge >= 0.3 is 5.97 Å². The number of thiophene rings is 1. The molecular formula is C20H13F2O2S+. The Bertz CT molecular complexity index is 1110. The maximum Gasteiger partial charge on any atom is 0.337 e. The largest absolute Gasteiger partial charge is 0.465 e. The Labute approximate surface area is 145 Å². The number of ether oxygens (including phenoxy) is 1. The molecule has 124 valence electrons. The van der Waals surface area contributed by atoms with Crippen molar-refractivity contribution in [1.29, 1.82) is 0 Å². The summed E-state index contributed by atoms with van der Waals surface area (Å²) >= 11 is 0. The van der Waals surface area contributed by atoms with Crippen LogP contribution in [-0.2, 0) is 4.74 Å². The Kier molecular flexibility index (Phi) is 3.73. The molecule has 0 saturated carbocycles. The fourth-order valence-corrected chi connectivity index (χ4v) is 5.34. The van der Waals surface area contributed by atoms with E-state index in [0.717, 1.165) is 25.1 Å². The number of fused-ring (bicyclic) bond motifs is 3. The molecule has 5 heteroatoms. The second-order valence-electron chi connectivity index (χ2n) is 5.60. The Hall–Kier alpha value is -2.79. The number of methoxy groups -OCH3 is 1. The molecule has 2 nitrogen and oxygen atoms in total. The van der Waals surface area contributed by atoms with Crippen LogP contribution in [0.1, 0.15) is 10.4 Å². The summed E-state index contributed by atoms with van der Waals surface area (Å²) in [4.78, 5) is 12.8. The maximum absolute atomic E-state index is 13.8. The molecule has 0 aliphatic rings. The number of halogens is 2. The Morgan fingerprint density at radius 2 is 1.44 bits per heavy atom. The molecule has 0 spiro atoms. The molecule has 0 saturated heterocycles. The van der Waals surface area contributed by atoms with E-state index in [2.05, 4.69) is 0 Å². The van der Waals surface area contributed by atoms with Crippen molar-refractivity contribution in [2.75, 3.05) is 7.11 Å². The lowest BCUT2D eigenvalue weighted by molar-refractivity contribution is 0.0601. The predicted molar refractivity (Wildman–Crippen MR) is 96.5 cm³/mol. The highest BCUT2D eigenvalue weighted by Crippen LogP contribution is 2.48. The minimum Gasteiger partial charge on any atom is -0.465 e. The second kappa shape index (κ2) is 5.93. The summed E-state index contributed by atoms with van der Waals surface area (Å²) in [5.74, 6) is -1.07. The molecule has 0 N–H and O–H groups in total. The molecule has 0 amide bonds. The molecule has 25 heavy (non-hydrogen) atoms. The third-order valence-corrected chi connectivity index (χ3v) is 6.46. The van der Waals surface area contributed by atoms with Crippen molar-refractivity contribution in [1.82, 2.24) is 0 Å². The number of carbonyl (C=O) groups is 1. The van der Waals surface area contributed by atoms with E-state index in [9.17, 15) is 13.6 Å². The standard InChI is InChI=1S/C20H13F2O2S/c1-24-20(23)12-2-8-18-16(10-12)17-11-14(22)5-9-19(17)25(18)15-6-3-13(21)4-7-15/h2-11H,1H3/q+1. The minimum atomic E-state index is -0.466. The van der Waals surface area contributed by atoms with Crippen molar-refractivity contribution < 1.29 is 18.3 Å². The van der Waals surface area contributed by atoms with Crippen LogP contribution in [0.25, 0.3) is 25.1 Å². The molecule has 1 aromatic heterocycles. The van der Waals surface area contributed by atoms with E-state index in [-0.39, 0.29) is 11.6 Å². The lowest BCUT2D eigenvalue weighted by Crippen LogP contribution is -2.00. The van der Waals surface area contributed by atoms with Gasteiger partial charge < -0.3 is 4.74 Å². The summed E-state index contributed by atoms with van der Waals surface area (Å²) in [5.41, 5.74) is 0.418. The number of carbonyl (C=O) groups excluding carboxylic acids is 1. The molecule has 3 aromatic carbocycles. The molecule has 4 aromatic rings. The molecular weight excluding hydrogens is 342 g/mol. The third kappa shape index (κ3) is 2.57. The normalized spacial score (nSPS) is 11.9. The van der Waals surface area contributed by atoms with E-state index in [0.29, 0.717) is 5.56 Å². The van der Waals surface area contributed by atoms with E-state index in [4.69, 9.17) is 4.74 Å². The highest BCUT2D eigenvalue weighted by Gasteiger charge is 2.25. The highest BCUT2D eigenvalue weighted by molar-refractivity contribution is 7.50. The summed E-state index contributed by atoms with van der Waals surface area (Å²) in [7, 11) is 0.860. The van der Waals surface area contributed by atoms with Crippen LogP contribution in [0.4, 0.5) is 8.78 Å². The van der Waals surface area contributed by atoms with Gasteiger partial charge in [0.15, 0.2) is 14.3 Å². The smallest absolute Gasteiger partial charge is 0.337 e. The molecule has 0 radical (unpaired) electrons. The molecule has 1 atom stereocenters. The van der Waals surface area contributed by atoms with Gasteiger partial charge in [-0.1, -0.05) is 0 Å². The van der Waals surface area contributed by atoms with Crippen LogP contribution in [-0.4, -0.2) is 13.1 Å². The summed E-state index contributed by atoms with van der Waals surface area (Å²) in [5, 5.41) is 1.57. The highest BCUT2D eigenvalue weighted by atomic mass is 32.2. The quantitative estimate of drug-likeness (QED) is 0.336. The van der Waals surface area contributed by atoms with E-state index in [1.807, 2.05) is 6.07 Å². The van der Waals surface area contributed by atoms with E-state index in [1.54, 1.807) is 30.3 Å². The van der Waals surface area contributed by atoms with Crippen LogP contribution in [0, 0.1) is 11.6 Å². The van der Waals surface area contributed by atoms with E-state index < -0.39 is 16.4 Å². The van der Waals surface area contributed by atoms with Gasteiger partial charge in [0.05, 0.1) is 18.1 Å². The molecule has 0 fully saturated rings. The summed E-state index contributed by atoms with van der Waals surface area (Å²) < 4.78 is 33.9. The number of esters is 1. The first-order chi connectivity index (χ1) is 12.1. The van der Waals surface area contributed by atoms with Crippen molar-refractivity contribution in [2.45, 2.75) is 0 Å². The zero-order valence-electron chi connectivity index (χ0n) is 13.3. The van der Waals surface area contributed by atoms with Gasteiger partial charge in [-0.2, -0.15) is 0 Å². The summed E-state index contributed by atoms with van der Waals surface area (Å²) in [6.07, 6.45) is 0. The average molecular weight is 355 g/mol. The molecule has 0 aliphatic carbocycles. The molecule has 4 rings (SSSR count). The van der Waals surface area contributed by atoms with Crippen LogP contribution in [0.3, 0.4) is 0 Å². The average Bonchev–Trinajstić information content (AvgIpc) is 2.94. The second-order valence-corrected chi connectivity index (χ2v) is 7.57. The fraction of sp³-hybridized carbons (Fsp3) is 0.0500. The van der Waals surface area contributed by atoms with E-state index in [1.165, 1.54) is 31.4 Å². The lowest BCUT2D eigenvalue weighted by Gasteiger charge is -1.98. The Balaban J connectivity index is 2.10. The van der Waals surface area contributed by atoms with Gasteiger partial charge in [-0.25, -0.2) is 13.6 Å². The molecule has 0 bridgehead atoms. The molecule has 1 unspecified atom stereocenters. The van der Waals surface area contributed by atoms with Gasteiger partial charge in [0.25, 0.3) is 0 Å². The van der Waals surface area contributed by atoms with E-state index >= 15 is 0 Å². The van der Waals surface area contributed by atoms with Crippen molar-refractivity contribution >= 4 is 36.6 Å². The van der Waals surface area contributed by atoms with Crippen LogP contribution >= 0.6 is 10.5 Å². The first-order valence-electron chi connectivity index (χ1n) is 7.60. The number of rotatable bonds is 2. The van der Waals surface area contributed by atoms with Gasteiger partial charge in [0.1, 0.15) is 11.6 Å². The Morgan fingerprint density at radius 1 is 0.840 bits per heavy atom. The first-order valence-corrected chi connectivity index (χ1v) is 8.83. The van der Waals surface area contributed by atoms with Crippen LogP contribution in [0.2, 0.25) is 0 Å². The van der Waals surface area contributed by atoms with Crippen LogP contribution in [0.15, 0.2) is 60.7 Å². The van der Waals surface area contributed by atoms with Crippen molar-refractivity contribution in [3.8, 4) is 4.90 Å². The lowest BCUT2D eigenvalue weighted by atomic mass is 10.1. The number of hydrogen-bond acceptors (Lipinski definition) is 2. The van der Waals surface area contributed by atoms with Crippen molar-refractivity contribution in [3.05, 3.63) is 77.9 Å². The first kappa shape index (κ1) is 15.7. The van der Waals surface area contributed by atoms with Crippen molar-refractivity contribution in [3.63, 3.8) is 0 Å². The fourth-order valence-electron chi connectivity index (χ4n) is 3.00. The predicted octanol–water partition coefficient (Wildman–Crippen LogP) is 5.80. The summed E-state index contributed by atoms with van der Waals surface area (Å²) in [6.45, 7) is 0.